The van der Waals surface area contributed by atoms with E-state index in [1.54, 1.807) is 0 Å². The van der Waals surface area contributed by atoms with Crippen LogP contribution >= 0.6 is 11.8 Å². The van der Waals surface area contributed by atoms with E-state index in [1.807, 2.05) is 0 Å². The van der Waals surface area contributed by atoms with Gasteiger partial charge < -0.3 is 59.4 Å². The van der Waals surface area contributed by atoms with Crippen molar-refractivity contribution in [3.63, 3.8) is 0 Å². The van der Waals surface area contributed by atoms with Gasteiger partial charge in [0.2, 0.25) is 23.6 Å². The number of aliphatic carboxylic acids is 1. The molecule has 19 heteroatoms. The zero-order chi connectivity index (χ0) is 42.3. The molecule has 11 atom stereocenters. The minimum absolute atomic E-state index is 0.211. The summed E-state index contributed by atoms with van der Waals surface area (Å²) in [6, 6.07) is 7.30. The SMILES string of the molecule is COC(=O)C[C@H]1C[C@@]2(S[C@@]34C[C@H](CCO[C@H]5OC(C(=O)O)=C[C@@H](O)[C@@H]5O)O[C@@H](C)[C@@]3(O)C(=O)c3c(O)cccc3C4=O)C(=O)c3cccc(O)c3C(=O)[C@]2(O)[C@H](C)O1. The van der Waals surface area contributed by atoms with E-state index in [-0.39, 0.29) is 17.5 Å². The number of phenolic OH excluding ortho intramolecular Hbond substituents is 2. The number of thioether (sulfide) groups is 1. The summed E-state index contributed by atoms with van der Waals surface area (Å²) >= 11 is 0.353. The van der Waals surface area contributed by atoms with Crippen LogP contribution in [0.25, 0.3) is 0 Å². The fraction of sp³-hybridized carbons (Fsp3) is 0.487. The molecule has 5 aliphatic rings. The maximum Gasteiger partial charge on any atom is 0.371 e. The lowest BCUT2D eigenvalue weighted by atomic mass is 9.63. The number of methoxy groups -OCH3 is 1. The van der Waals surface area contributed by atoms with Gasteiger partial charge in [-0.1, -0.05) is 24.3 Å². The van der Waals surface area contributed by atoms with Gasteiger partial charge in [0.15, 0.2) is 22.8 Å². The van der Waals surface area contributed by atoms with Crippen molar-refractivity contribution in [2.45, 2.75) is 103 Å². The second kappa shape index (κ2) is 14.5. The molecule has 2 aliphatic carbocycles. The van der Waals surface area contributed by atoms with Crippen molar-refractivity contribution in [2.24, 2.45) is 0 Å². The van der Waals surface area contributed by atoms with Crippen LogP contribution in [0.2, 0.25) is 0 Å². The highest BCUT2D eigenvalue weighted by atomic mass is 32.2. The fourth-order valence-corrected chi connectivity index (χ4v) is 11.3. The highest BCUT2D eigenvalue weighted by molar-refractivity contribution is 8.03. The van der Waals surface area contributed by atoms with E-state index in [0.29, 0.717) is 11.8 Å². The van der Waals surface area contributed by atoms with Crippen LogP contribution in [-0.4, -0.2) is 148 Å². The lowest BCUT2D eigenvalue weighted by Gasteiger charge is -2.61. The molecule has 0 spiro atoms. The average Bonchev–Trinajstić information content (AvgIpc) is 3.17. The van der Waals surface area contributed by atoms with E-state index in [9.17, 15) is 54.9 Å². The number of rotatable bonds is 9. The molecule has 2 aromatic carbocycles. The highest BCUT2D eigenvalue weighted by Gasteiger charge is 2.78. The molecule has 310 valence electrons. The number of hydrogen-bond donors (Lipinski definition) is 7. The van der Waals surface area contributed by atoms with Gasteiger partial charge in [0.1, 0.15) is 33.2 Å². The minimum atomic E-state index is -2.93. The monoisotopic (exact) mass is 828 g/mol. The number of esters is 1. The number of carbonyl (C=O) groups excluding carboxylic acids is 5. The Balaban J connectivity index is 1.37. The third-order valence-electron chi connectivity index (χ3n) is 11.8. The van der Waals surface area contributed by atoms with Gasteiger partial charge in [0.05, 0.1) is 55.7 Å². The summed E-state index contributed by atoms with van der Waals surface area (Å²) in [5.74, 6) is -8.62. The van der Waals surface area contributed by atoms with Crippen LogP contribution in [0.5, 0.6) is 11.5 Å². The van der Waals surface area contributed by atoms with Crippen molar-refractivity contribution >= 4 is 46.8 Å². The standard InChI is InChI=1S/C39H40O18S/c1-16-38(51)32(47)27-20(6-4-8-22(27)40)30(45)36(38,14-18(55-16)10-11-54-35-29(44)24(42)13-25(57-35)34(49)50)58-37-15-19(12-26(43)53-3)56-17(2)39(37,52)33(48)28-21(31(37)46)7-5-9-23(28)41/h4-9,13,16-19,24,29,35,40-42,44,51-52H,10-12,14-15H2,1-3H3,(H,49,50)/t16-,17-,18-,19-,24+,29-,35-,36+,37+,38+,39+/m0/s1. The summed E-state index contributed by atoms with van der Waals surface area (Å²) in [6.45, 7) is 2.13. The first-order chi connectivity index (χ1) is 27.3. The molecule has 2 saturated heterocycles. The molecule has 7 N–H and O–H groups in total. The first kappa shape index (κ1) is 41.4. The van der Waals surface area contributed by atoms with E-state index in [0.717, 1.165) is 25.3 Å². The molecule has 0 amide bonds. The van der Waals surface area contributed by atoms with Crippen molar-refractivity contribution in [1.29, 1.82) is 0 Å². The molecule has 58 heavy (non-hydrogen) atoms. The zero-order valence-electron chi connectivity index (χ0n) is 31.1. The number of aliphatic hydroxyl groups excluding tert-OH is 2. The van der Waals surface area contributed by atoms with Crippen LogP contribution in [0.15, 0.2) is 48.2 Å². The molecule has 2 fully saturated rings. The minimum Gasteiger partial charge on any atom is -0.507 e. The van der Waals surface area contributed by atoms with Gasteiger partial charge >= 0.3 is 11.9 Å². The number of hydrogen-bond acceptors (Lipinski definition) is 18. The Labute approximate surface area is 333 Å². The number of benzene rings is 2. The lowest BCUT2D eigenvalue weighted by Crippen LogP contribution is -2.79. The number of Topliss-reactive ketones (excluding diaryl/α,β-unsaturated/α-hetero) is 4. The van der Waals surface area contributed by atoms with Crippen LogP contribution < -0.4 is 0 Å². The first-order valence-electron chi connectivity index (χ1n) is 18.2. The zero-order valence-corrected chi connectivity index (χ0v) is 32.0. The smallest absolute Gasteiger partial charge is 0.371 e. The molecule has 0 aromatic heterocycles. The largest absolute Gasteiger partial charge is 0.507 e. The molecule has 3 heterocycles. The summed E-state index contributed by atoms with van der Waals surface area (Å²) in [6.07, 6.45) is -11.9. The van der Waals surface area contributed by atoms with Crippen molar-refractivity contribution in [3.8, 4) is 11.5 Å². The van der Waals surface area contributed by atoms with E-state index >= 15 is 9.59 Å². The lowest BCUT2D eigenvalue weighted by molar-refractivity contribution is -0.214. The molecule has 2 aromatic rings. The van der Waals surface area contributed by atoms with Gasteiger partial charge in [-0.15, -0.1) is 11.8 Å². The van der Waals surface area contributed by atoms with Gasteiger partial charge in [-0.25, -0.2) is 4.79 Å². The number of phenols is 2. The van der Waals surface area contributed by atoms with Gasteiger partial charge in [-0.3, -0.25) is 24.0 Å². The van der Waals surface area contributed by atoms with Crippen molar-refractivity contribution in [2.75, 3.05) is 13.7 Å². The second-order valence-corrected chi connectivity index (χ2v) is 16.6. The van der Waals surface area contributed by atoms with Gasteiger partial charge in [0.25, 0.3) is 0 Å². The number of carboxylic acids is 1. The molecule has 3 aliphatic heterocycles. The molecule has 0 bridgehead atoms. The van der Waals surface area contributed by atoms with Gasteiger partial charge in [-0.2, -0.15) is 0 Å². The summed E-state index contributed by atoms with van der Waals surface area (Å²) in [4.78, 5) is 84.0. The summed E-state index contributed by atoms with van der Waals surface area (Å²) < 4.78 is 22.7. The van der Waals surface area contributed by atoms with Crippen LogP contribution in [0.4, 0.5) is 0 Å². The van der Waals surface area contributed by atoms with Crippen LogP contribution in [0.3, 0.4) is 0 Å². The molecule has 7 rings (SSSR count). The maximum absolute atomic E-state index is 15.3. The molecular formula is C39H40O18S. The quantitative estimate of drug-likeness (QED) is 0.170. The van der Waals surface area contributed by atoms with Crippen molar-refractivity contribution in [3.05, 3.63) is 70.5 Å². The predicted octanol–water partition coefficient (Wildman–Crippen LogP) is 0.600. The fourth-order valence-electron chi connectivity index (χ4n) is 8.91. The number of ketones is 4. The van der Waals surface area contributed by atoms with Gasteiger partial charge in [-0.05, 0) is 51.3 Å². The number of ether oxygens (including phenoxy) is 5. The van der Waals surface area contributed by atoms with E-state index in [4.69, 9.17) is 23.7 Å². The Hall–Kier alpha value is -4.73. The summed E-state index contributed by atoms with van der Waals surface area (Å²) in [5.41, 5.74) is -7.62. The Morgan fingerprint density at radius 3 is 1.81 bits per heavy atom. The molecule has 0 saturated carbocycles. The van der Waals surface area contributed by atoms with Crippen LogP contribution in [0, 0.1) is 0 Å². The number of carboxylic acid groups (broad SMARTS) is 1. The average molecular weight is 829 g/mol. The Kier molecular flexibility index (Phi) is 10.4. The molecular weight excluding hydrogens is 788 g/mol. The van der Waals surface area contributed by atoms with E-state index in [1.165, 1.54) is 38.1 Å². The third-order valence-corrected chi connectivity index (χ3v) is 13.8. The number of aliphatic hydroxyl groups is 4. The maximum atomic E-state index is 15.3. The van der Waals surface area contributed by atoms with Crippen molar-refractivity contribution in [1.82, 2.24) is 0 Å². The first-order valence-corrected chi connectivity index (χ1v) is 19.1. The molecule has 0 radical (unpaired) electrons. The third kappa shape index (κ3) is 5.81. The van der Waals surface area contributed by atoms with Gasteiger partial charge in [0, 0.05) is 11.1 Å². The Morgan fingerprint density at radius 2 is 1.31 bits per heavy atom. The van der Waals surface area contributed by atoms with E-state index in [2.05, 4.69) is 0 Å². The predicted molar refractivity (Wildman–Crippen MR) is 194 cm³/mol. The normalized spacial score (nSPS) is 36.7. The number of carbonyl (C=O) groups is 6. The van der Waals surface area contributed by atoms with E-state index < -0.39 is 153 Å². The Morgan fingerprint density at radius 1 is 0.810 bits per heavy atom. The van der Waals surface area contributed by atoms with Crippen LogP contribution in [-0.2, 0) is 33.3 Å². The number of aromatic hydroxyl groups is 2. The van der Waals surface area contributed by atoms with Crippen LogP contribution in [0.1, 0.15) is 81.0 Å². The summed E-state index contributed by atoms with van der Waals surface area (Å²) in [5, 5.41) is 77.4. The molecule has 18 nitrogen and oxygen atoms in total. The number of fused-ring (bicyclic) bond motifs is 4. The molecule has 0 unspecified atom stereocenters. The topological polar surface area (TPSA) is 290 Å². The van der Waals surface area contributed by atoms with Crippen molar-refractivity contribution < 1.29 is 88.2 Å². The second-order valence-electron chi connectivity index (χ2n) is 15.0. The highest BCUT2D eigenvalue weighted by Crippen LogP contribution is 2.64. The summed E-state index contributed by atoms with van der Waals surface area (Å²) in [7, 11) is 1.11. The Bertz CT molecular complexity index is 2150.